The zero-order chi connectivity index (χ0) is 18.1. The summed E-state index contributed by atoms with van der Waals surface area (Å²) in [5, 5.41) is 5.06. The number of aryl methyl sites for hydroxylation is 1. The number of fused-ring (bicyclic) bond motifs is 1. The van der Waals surface area contributed by atoms with E-state index in [2.05, 4.69) is 21.1 Å². The minimum atomic E-state index is -0.362. The van der Waals surface area contributed by atoms with Crippen molar-refractivity contribution in [1.29, 1.82) is 0 Å². The summed E-state index contributed by atoms with van der Waals surface area (Å²) in [6, 6.07) is 14.9. The summed E-state index contributed by atoms with van der Waals surface area (Å²) in [4.78, 5) is 17.0. The minimum Gasteiger partial charge on any atom is -0.489 e. The third-order valence-corrected chi connectivity index (χ3v) is 4.80. The van der Waals surface area contributed by atoms with Crippen LogP contribution >= 0.6 is 15.9 Å². The summed E-state index contributed by atoms with van der Waals surface area (Å²) in [5.41, 5.74) is 2.99. The van der Waals surface area contributed by atoms with Gasteiger partial charge in [0.05, 0.1) is 5.71 Å². The van der Waals surface area contributed by atoms with E-state index in [1.807, 2.05) is 43.3 Å². The number of oxime groups is 1. The Morgan fingerprint density at radius 1 is 1.19 bits per heavy atom. The van der Waals surface area contributed by atoms with E-state index in [1.54, 1.807) is 6.07 Å². The van der Waals surface area contributed by atoms with Gasteiger partial charge >= 0.3 is 5.63 Å². The van der Waals surface area contributed by atoms with E-state index in [0.29, 0.717) is 24.4 Å². The second-order valence-electron chi connectivity index (χ2n) is 6.19. The molecule has 1 aliphatic heterocycles. The fourth-order valence-corrected chi connectivity index (χ4v) is 3.18. The summed E-state index contributed by atoms with van der Waals surface area (Å²) in [6.07, 6.45) is 0.539. The molecule has 0 amide bonds. The van der Waals surface area contributed by atoms with Gasteiger partial charge in [-0.15, -0.1) is 0 Å². The van der Waals surface area contributed by atoms with Crippen molar-refractivity contribution in [1.82, 2.24) is 0 Å². The van der Waals surface area contributed by atoms with Crippen LogP contribution in [0.1, 0.15) is 17.5 Å². The maximum atomic E-state index is 11.5. The molecule has 0 fully saturated rings. The lowest BCUT2D eigenvalue weighted by Gasteiger charge is -2.11. The minimum absolute atomic E-state index is 0.145. The maximum Gasteiger partial charge on any atom is 0.336 e. The van der Waals surface area contributed by atoms with Gasteiger partial charge < -0.3 is 14.0 Å². The van der Waals surface area contributed by atoms with Crippen LogP contribution in [0.5, 0.6) is 5.75 Å². The van der Waals surface area contributed by atoms with E-state index in [1.165, 1.54) is 6.07 Å². The van der Waals surface area contributed by atoms with Crippen LogP contribution in [0.15, 0.2) is 67.4 Å². The topological polar surface area (TPSA) is 61.0 Å². The predicted molar refractivity (Wildman–Crippen MR) is 103 cm³/mol. The molecular formula is C20H16BrNO4. The van der Waals surface area contributed by atoms with E-state index >= 15 is 0 Å². The first-order valence-electron chi connectivity index (χ1n) is 8.24. The molecule has 26 heavy (non-hydrogen) atoms. The molecule has 0 aliphatic carbocycles. The number of hydrogen-bond acceptors (Lipinski definition) is 5. The van der Waals surface area contributed by atoms with Crippen molar-refractivity contribution in [3.8, 4) is 5.75 Å². The molecule has 3 aromatic rings. The van der Waals surface area contributed by atoms with Crippen LogP contribution in [-0.4, -0.2) is 18.4 Å². The first-order chi connectivity index (χ1) is 12.6. The smallest absolute Gasteiger partial charge is 0.336 e. The van der Waals surface area contributed by atoms with Gasteiger partial charge in [-0.05, 0) is 42.3 Å². The normalized spacial score (nSPS) is 16.4. The molecule has 0 saturated heterocycles. The van der Waals surface area contributed by atoms with E-state index in [4.69, 9.17) is 14.0 Å². The fraction of sp³-hybridized carbons (Fsp3) is 0.200. The summed E-state index contributed by atoms with van der Waals surface area (Å²) >= 11 is 3.42. The van der Waals surface area contributed by atoms with E-state index < -0.39 is 0 Å². The van der Waals surface area contributed by atoms with Crippen molar-refractivity contribution in [3.05, 3.63) is 74.6 Å². The van der Waals surface area contributed by atoms with Crippen molar-refractivity contribution >= 4 is 32.6 Å². The molecular weight excluding hydrogens is 398 g/mol. The van der Waals surface area contributed by atoms with Crippen LogP contribution in [0.4, 0.5) is 0 Å². The number of hydrogen-bond donors (Lipinski definition) is 0. The van der Waals surface area contributed by atoms with Crippen molar-refractivity contribution in [2.24, 2.45) is 5.16 Å². The van der Waals surface area contributed by atoms with Crippen LogP contribution < -0.4 is 10.4 Å². The molecule has 132 valence electrons. The Balaban J connectivity index is 1.41. The van der Waals surface area contributed by atoms with Gasteiger partial charge in [-0.25, -0.2) is 4.79 Å². The number of benzene rings is 2. The second kappa shape index (κ2) is 6.96. The highest BCUT2D eigenvalue weighted by Crippen LogP contribution is 2.24. The number of nitrogens with zero attached hydrogens (tertiary/aromatic N) is 1. The highest BCUT2D eigenvalue weighted by molar-refractivity contribution is 9.10. The van der Waals surface area contributed by atoms with E-state index in [-0.39, 0.29) is 11.7 Å². The average Bonchev–Trinajstić information content (AvgIpc) is 3.09. The van der Waals surface area contributed by atoms with Crippen LogP contribution in [-0.2, 0) is 4.84 Å². The number of halogens is 1. The molecule has 1 atom stereocenters. The first-order valence-corrected chi connectivity index (χ1v) is 9.04. The molecule has 0 spiro atoms. The largest absolute Gasteiger partial charge is 0.489 e. The lowest BCUT2D eigenvalue weighted by Crippen LogP contribution is -2.18. The highest BCUT2D eigenvalue weighted by Gasteiger charge is 2.23. The summed E-state index contributed by atoms with van der Waals surface area (Å²) in [7, 11) is 0. The number of ether oxygens (including phenoxy) is 1. The lowest BCUT2D eigenvalue weighted by atomic mass is 10.1. The Morgan fingerprint density at radius 3 is 2.81 bits per heavy atom. The molecule has 0 radical (unpaired) electrons. The SMILES string of the molecule is Cc1cc(=O)oc2cc(OC[C@@H]3CC(c4ccc(Br)cc4)=NO3)ccc12. The molecule has 1 aromatic heterocycles. The number of rotatable bonds is 4. The van der Waals surface area contributed by atoms with Crippen molar-refractivity contribution < 1.29 is 14.0 Å². The second-order valence-corrected chi connectivity index (χ2v) is 7.11. The van der Waals surface area contributed by atoms with Crippen LogP contribution in [0.3, 0.4) is 0 Å². The third kappa shape index (κ3) is 3.51. The van der Waals surface area contributed by atoms with Gasteiger partial charge in [0.1, 0.15) is 17.9 Å². The van der Waals surface area contributed by atoms with Crippen LogP contribution in [0.2, 0.25) is 0 Å². The molecule has 2 aromatic carbocycles. The zero-order valence-corrected chi connectivity index (χ0v) is 15.7. The van der Waals surface area contributed by atoms with Gasteiger partial charge in [0.15, 0.2) is 6.10 Å². The van der Waals surface area contributed by atoms with Gasteiger partial charge in [-0.1, -0.05) is 33.2 Å². The molecule has 2 heterocycles. The average molecular weight is 414 g/mol. The van der Waals surface area contributed by atoms with Crippen molar-refractivity contribution in [2.75, 3.05) is 6.61 Å². The monoisotopic (exact) mass is 413 g/mol. The molecule has 6 heteroatoms. The van der Waals surface area contributed by atoms with Gasteiger partial charge in [0, 0.05) is 28.4 Å². The predicted octanol–water partition coefficient (Wildman–Crippen LogP) is 4.44. The lowest BCUT2D eigenvalue weighted by molar-refractivity contribution is 0.0471. The van der Waals surface area contributed by atoms with E-state index in [0.717, 1.165) is 26.7 Å². The van der Waals surface area contributed by atoms with Crippen LogP contribution in [0, 0.1) is 6.92 Å². The van der Waals surface area contributed by atoms with E-state index in [9.17, 15) is 4.79 Å². The molecule has 0 N–H and O–H groups in total. The summed E-state index contributed by atoms with van der Waals surface area (Å²) in [6.45, 7) is 2.25. The fourth-order valence-electron chi connectivity index (χ4n) is 2.91. The molecule has 1 aliphatic rings. The van der Waals surface area contributed by atoms with Crippen LogP contribution in [0.25, 0.3) is 11.0 Å². The van der Waals surface area contributed by atoms with Gasteiger partial charge in [0.2, 0.25) is 0 Å². The first kappa shape index (κ1) is 16.8. The summed E-state index contributed by atoms with van der Waals surface area (Å²) < 4.78 is 12.1. The third-order valence-electron chi connectivity index (χ3n) is 4.27. The Kier molecular flexibility index (Phi) is 4.51. The van der Waals surface area contributed by atoms with Crippen molar-refractivity contribution in [3.63, 3.8) is 0 Å². The standard InChI is InChI=1S/C20H16BrNO4/c1-12-8-20(23)25-19-10-15(6-7-17(12)19)24-11-16-9-18(22-26-16)13-2-4-14(21)5-3-13/h2-8,10,16H,9,11H2,1H3/t16-/m0/s1. The van der Waals surface area contributed by atoms with Gasteiger partial charge in [-0.3, -0.25) is 0 Å². The Labute approximate surface area is 158 Å². The zero-order valence-electron chi connectivity index (χ0n) is 14.1. The molecule has 0 saturated carbocycles. The Hall–Kier alpha value is -2.60. The quantitative estimate of drug-likeness (QED) is 0.593. The molecule has 0 bridgehead atoms. The van der Waals surface area contributed by atoms with Crippen molar-refractivity contribution in [2.45, 2.75) is 19.4 Å². The molecule has 0 unspecified atom stereocenters. The Bertz CT molecular complexity index is 1040. The molecule has 5 nitrogen and oxygen atoms in total. The molecule has 4 rings (SSSR count). The highest BCUT2D eigenvalue weighted by atomic mass is 79.9. The van der Waals surface area contributed by atoms with Gasteiger partial charge in [0.25, 0.3) is 0 Å². The Morgan fingerprint density at radius 2 is 2.00 bits per heavy atom. The van der Waals surface area contributed by atoms with Gasteiger partial charge in [-0.2, -0.15) is 0 Å². The maximum absolute atomic E-state index is 11.5. The summed E-state index contributed by atoms with van der Waals surface area (Å²) in [5.74, 6) is 0.631.